The Morgan fingerprint density at radius 3 is 2.38 bits per heavy atom. The van der Waals surface area contributed by atoms with E-state index in [1.807, 2.05) is 0 Å². The second-order valence-corrected chi connectivity index (χ2v) is 5.01. The van der Waals surface area contributed by atoms with Gasteiger partial charge in [-0.05, 0) is 48.9 Å². The molecule has 2 heteroatoms. The SMILES string of the molecule is CC1CCC(CNc2ccc(F)cc2)CC1. The van der Waals surface area contributed by atoms with Crippen molar-refractivity contribution in [1.29, 1.82) is 0 Å². The van der Waals surface area contributed by atoms with Crippen molar-refractivity contribution in [1.82, 2.24) is 0 Å². The minimum absolute atomic E-state index is 0.169. The average Bonchev–Trinajstić information content (AvgIpc) is 2.30. The van der Waals surface area contributed by atoms with E-state index in [0.717, 1.165) is 24.1 Å². The van der Waals surface area contributed by atoms with E-state index in [4.69, 9.17) is 0 Å². The zero-order valence-corrected chi connectivity index (χ0v) is 9.88. The van der Waals surface area contributed by atoms with Gasteiger partial charge < -0.3 is 5.32 Å². The molecule has 2 rings (SSSR count). The Labute approximate surface area is 97.1 Å². The monoisotopic (exact) mass is 221 g/mol. The standard InChI is InChI=1S/C14H20FN/c1-11-2-4-12(5-3-11)10-16-14-8-6-13(15)7-9-14/h6-9,11-12,16H,2-5,10H2,1H3. The zero-order chi connectivity index (χ0) is 11.4. The molecule has 1 nitrogen and oxygen atoms in total. The third kappa shape index (κ3) is 3.22. The lowest BCUT2D eigenvalue weighted by Crippen LogP contribution is -2.20. The van der Waals surface area contributed by atoms with Crippen LogP contribution in [0.25, 0.3) is 0 Å². The van der Waals surface area contributed by atoms with Crippen molar-refractivity contribution in [2.45, 2.75) is 32.6 Å². The Morgan fingerprint density at radius 1 is 1.12 bits per heavy atom. The zero-order valence-electron chi connectivity index (χ0n) is 9.88. The smallest absolute Gasteiger partial charge is 0.123 e. The van der Waals surface area contributed by atoms with Crippen LogP contribution in [0.3, 0.4) is 0 Å². The molecule has 1 aliphatic rings. The highest BCUT2D eigenvalue weighted by molar-refractivity contribution is 5.42. The summed E-state index contributed by atoms with van der Waals surface area (Å²) in [5.41, 5.74) is 1.03. The van der Waals surface area contributed by atoms with Crippen LogP contribution < -0.4 is 5.32 Å². The number of hydrogen-bond donors (Lipinski definition) is 1. The molecule has 1 saturated carbocycles. The molecular formula is C14H20FN. The van der Waals surface area contributed by atoms with Crippen LogP contribution in [-0.4, -0.2) is 6.54 Å². The third-order valence-electron chi connectivity index (χ3n) is 3.57. The maximum atomic E-state index is 12.7. The normalized spacial score (nSPS) is 25.4. The summed E-state index contributed by atoms with van der Waals surface area (Å²) >= 11 is 0. The van der Waals surface area contributed by atoms with Gasteiger partial charge >= 0.3 is 0 Å². The summed E-state index contributed by atoms with van der Waals surface area (Å²) in [4.78, 5) is 0. The summed E-state index contributed by atoms with van der Waals surface area (Å²) in [6.07, 6.45) is 5.37. The molecule has 0 spiro atoms. The quantitative estimate of drug-likeness (QED) is 0.811. The van der Waals surface area contributed by atoms with E-state index in [1.54, 1.807) is 12.1 Å². The molecule has 0 amide bonds. The van der Waals surface area contributed by atoms with Gasteiger partial charge in [0.25, 0.3) is 0 Å². The number of benzene rings is 1. The van der Waals surface area contributed by atoms with Crippen molar-refractivity contribution in [3.05, 3.63) is 30.1 Å². The van der Waals surface area contributed by atoms with Crippen LogP contribution in [-0.2, 0) is 0 Å². The summed E-state index contributed by atoms with van der Waals surface area (Å²) in [5.74, 6) is 1.53. The number of nitrogens with one attached hydrogen (secondary N) is 1. The van der Waals surface area contributed by atoms with Crippen LogP contribution in [0.5, 0.6) is 0 Å². The summed E-state index contributed by atoms with van der Waals surface area (Å²) in [5, 5.41) is 3.39. The molecule has 0 saturated heterocycles. The highest BCUT2D eigenvalue weighted by Gasteiger charge is 2.17. The molecule has 1 N–H and O–H groups in total. The number of anilines is 1. The fourth-order valence-electron chi connectivity index (χ4n) is 2.36. The van der Waals surface area contributed by atoms with Gasteiger partial charge in [0, 0.05) is 12.2 Å². The summed E-state index contributed by atoms with van der Waals surface area (Å²) < 4.78 is 12.7. The van der Waals surface area contributed by atoms with Gasteiger partial charge in [0.05, 0.1) is 0 Å². The Balaban J connectivity index is 1.77. The van der Waals surface area contributed by atoms with Gasteiger partial charge in [0.15, 0.2) is 0 Å². The molecule has 0 aliphatic heterocycles. The minimum Gasteiger partial charge on any atom is -0.385 e. The van der Waals surface area contributed by atoms with Gasteiger partial charge in [-0.1, -0.05) is 19.8 Å². The summed E-state index contributed by atoms with van der Waals surface area (Å²) in [6.45, 7) is 3.36. The predicted molar refractivity (Wildman–Crippen MR) is 66.0 cm³/mol. The Bertz CT molecular complexity index is 312. The van der Waals surface area contributed by atoms with Gasteiger partial charge in [0.2, 0.25) is 0 Å². The van der Waals surface area contributed by atoms with Gasteiger partial charge in [-0.25, -0.2) is 4.39 Å². The predicted octanol–water partition coefficient (Wildman–Crippen LogP) is 4.06. The molecular weight excluding hydrogens is 201 g/mol. The number of rotatable bonds is 3. The maximum Gasteiger partial charge on any atom is 0.123 e. The van der Waals surface area contributed by atoms with Crippen molar-refractivity contribution in [2.75, 3.05) is 11.9 Å². The second-order valence-electron chi connectivity index (χ2n) is 5.01. The van der Waals surface area contributed by atoms with E-state index in [1.165, 1.54) is 37.8 Å². The first kappa shape index (κ1) is 11.4. The van der Waals surface area contributed by atoms with Gasteiger partial charge in [-0.15, -0.1) is 0 Å². The number of hydrogen-bond acceptors (Lipinski definition) is 1. The van der Waals surface area contributed by atoms with Crippen LogP contribution in [0.1, 0.15) is 32.6 Å². The first-order chi connectivity index (χ1) is 7.74. The van der Waals surface area contributed by atoms with Gasteiger partial charge in [0.1, 0.15) is 5.82 Å². The largest absolute Gasteiger partial charge is 0.385 e. The van der Waals surface area contributed by atoms with Crippen molar-refractivity contribution in [3.63, 3.8) is 0 Å². The summed E-state index contributed by atoms with van der Waals surface area (Å²) in [6, 6.07) is 6.62. The Hall–Kier alpha value is -1.05. The molecule has 0 unspecified atom stereocenters. The average molecular weight is 221 g/mol. The molecule has 16 heavy (non-hydrogen) atoms. The van der Waals surface area contributed by atoms with E-state index >= 15 is 0 Å². The van der Waals surface area contributed by atoms with E-state index in [0.29, 0.717) is 0 Å². The van der Waals surface area contributed by atoms with E-state index in [9.17, 15) is 4.39 Å². The van der Waals surface area contributed by atoms with Crippen molar-refractivity contribution < 1.29 is 4.39 Å². The van der Waals surface area contributed by atoms with Crippen LogP contribution in [0.15, 0.2) is 24.3 Å². The Morgan fingerprint density at radius 2 is 1.75 bits per heavy atom. The lowest BCUT2D eigenvalue weighted by molar-refractivity contribution is 0.300. The van der Waals surface area contributed by atoms with E-state index < -0.39 is 0 Å². The molecule has 0 heterocycles. The first-order valence-electron chi connectivity index (χ1n) is 6.23. The molecule has 1 aromatic carbocycles. The highest BCUT2D eigenvalue weighted by atomic mass is 19.1. The lowest BCUT2D eigenvalue weighted by Gasteiger charge is -2.26. The fourth-order valence-corrected chi connectivity index (χ4v) is 2.36. The minimum atomic E-state index is -0.169. The van der Waals surface area contributed by atoms with Crippen molar-refractivity contribution in [2.24, 2.45) is 11.8 Å². The van der Waals surface area contributed by atoms with Crippen LogP contribution in [0.2, 0.25) is 0 Å². The molecule has 0 radical (unpaired) electrons. The van der Waals surface area contributed by atoms with E-state index in [2.05, 4.69) is 12.2 Å². The molecule has 0 aromatic heterocycles. The maximum absolute atomic E-state index is 12.7. The number of halogens is 1. The Kier molecular flexibility index (Phi) is 3.81. The topological polar surface area (TPSA) is 12.0 Å². The van der Waals surface area contributed by atoms with E-state index in [-0.39, 0.29) is 5.82 Å². The molecule has 1 aliphatic carbocycles. The molecule has 1 aromatic rings. The van der Waals surface area contributed by atoms with Gasteiger partial charge in [-0.3, -0.25) is 0 Å². The van der Waals surface area contributed by atoms with Crippen LogP contribution in [0, 0.1) is 17.7 Å². The van der Waals surface area contributed by atoms with Crippen molar-refractivity contribution >= 4 is 5.69 Å². The van der Waals surface area contributed by atoms with Crippen molar-refractivity contribution in [3.8, 4) is 0 Å². The fraction of sp³-hybridized carbons (Fsp3) is 0.571. The first-order valence-corrected chi connectivity index (χ1v) is 6.23. The molecule has 0 bridgehead atoms. The molecule has 88 valence electrons. The third-order valence-corrected chi connectivity index (χ3v) is 3.57. The van der Waals surface area contributed by atoms with Crippen LogP contribution >= 0.6 is 0 Å². The second kappa shape index (κ2) is 5.33. The summed E-state index contributed by atoms with van der Waals surface area (Å²) in [7, 11) is 0. The van der Waals surface area contributed by atoms with Gasteiger partial charge in [-0.2, -0.15) is 0 Å². The highest BCUT2D eigenvalue weighted by Crippen LogP contribution is 2.28. The lowest BCUT2D eigenvalue weighted by atomic mass is 9.83. The van der Waals surface area contributed by atoms with Crippen LogP contribution in [0.4, 0.5) is 10.1 Å². The molecule has 1 fully saturated rings. The molecule has 0 atom stereocenters.